The van der Waals surface area contributed by atoms with Gasteiger partial charge < -0.3 is 19.7 Å². The van der Waals surface area contributed by atoms with Gasteiger partial charge in [0.2, 0.25) is 5.91 Å². The normalized spacial score (nSPS) is 26.3. The molecule has 0 saturated carbocycles. The molecule has 2 rings (SSSR count). The molecule has 2 heterocycles. The van der Waals surface area contributed by atoms with E-state index in [-0.39, 0.29) is 30.2 Å². The van der Waals surface area contributed by atoms with E-state index in [4.69, 9.17) is 9.47 Å². The van der Waals surface area contributed by atoms with Gasteiger partial charge in [0, 0.05) is 32.8 Å². The van der Waals surface area contributed by atoms with Crippen LogP contribution >= 0.6 is 8.73 Å². The monoisotopic (exact) mass is 387 g/mol. The van der Waals surface area contributed by atoms with Crippen LogP contribution in [0.3, 0.4) is 0 Å². The number of ether oxygens (including phenoxy) is 2. The number of hydrogen-bond donors (Lipinski definition) is 1. The minimum Gasteiger partial charge on any atom is -0.444 e. The Balaban J connectivity index is 1.80. The van der Waals surface area contributed by atoms with Gasteiger partial charge in [0.25, 0.3) is 0 Å². The summed E-state index contributed by atoms with van der Waals surface area (Å²) in [7, 11) is 2.33. The van der Waals surface area contributed by atoms with Gasteiger partial charge in [-0.2, -0.15) is 0 Å². The summed E-state index contributed by atoms with van der Waals surface area (Å²) in [6, 6.07) is 0.0667. The fourth-order valence-corrected chi connectivity index (χ4v) is 4.42. The van der Waals surface area contributed by atoms with Gasteiger partial charge in [-0.15, -0.1) is 0 Å². The predicted molar refractivity (Wildman–Crippen MR) is 104 cm³/mol. The molecule has 150 valence electrons. The molecular weight excluding hydrogens is 353 g/mol. The Kier molecular flexibility index (Phi) is 7.68. The van der Waals surface area contributed by atoms with Crippen molar-refractivity contribution in [3.63, 3.8) is 0 Å². The Bertz CT molecular complexity index is 489. The van der Waals surface area contributed by atoms with Crippen LogP contribution in [0.4, 0.5) is 4.79 Å². The maximum Gasteiger partial charge on any atom is 0.410 e. The zero-order valence-corrected chi connectivity index (χ0v) is 17.7. The molecule has 7 nitrogen and oxygen atoms in total. The maximum absolute atomic E-state index is 12.7. The lowest BCUT2D eigenvalue weighted by atomic mass is 10.00. The van der Waals surface area contributed by atoms with Crippen LogP contribution in [0.1, 0.15) is 46.5 Å². The lowest BCUT2D eigenvalue weighted by Gasteiger charge is -2.39. The molecule has 2 fully saturated rings. The molecule has 0 aromatic rings. The van der Waals surface area contributed by atoms with Crippen LogP contribution in [0.25, 0.3) is 0 Å². The first-order chi connectivity index (χ1) is 12.2. The minimum absolute atomic E-state index is 0.0615. The Morgan fingerprint density at radius 3 is 2.31 bits per heavy atom. The van der Waals surface area contributed by atoms with Gasteiger partial charge in [-0.1, -0.05) is 8.73 Å². The number of likely N-dealkylation sites (tertiary alicyclic amines) is 1. The summed E-state index contributed by atoms with van der Waals surface area (Å²) in [4.78, 5) is 26.6. The van der Waals surface area contributed by atoms with E-state index in [1.165, 1.54) is 0 Å². The fourth-order valence-electron chi connectivity index (χ4n) is 3.48. The molecule has 2 aliphatic rings. The van der Waals surface area contributed by atoms with E-state index in [1.807, 2.05) is 20.8 Å². The van der Waals surface area contributed by atoms with Crippen molar-refractivity contribution in [1.29, 1.82) is 0 Å². The maximum atomic E-state index is 12.7. The van der Waals surface area contributed by atoms with Crippen LogP contribution < -0.4 is 5.32 Å². The average Bonchev–Trinajstić information content (AvgIpc) is 2.60. The van der Waals surface area contributed by atoms with E-state index >= 15 is 0 Å². The molecule has 0 aromatic carbocycles. The van der Waals surface area contributed by atoms with Crippen LogP contribution in [0.2, 0.25) is 0 Å². The lowest BCUT2D eigenvalue weighted by Crippen LogP contribution is -2.54. The molecule has 26 heavy (non-hydrogen) atoms. The van der Waals surface area contributed by atoms with Crippen LogP contribution in [0.15, 0.2) is 0 Å². The highest BCUT2D eigenvalue weighted by molar-refractivity contribution is 7.34. The highest BCUT2D eigenvalue weighted by Gasteiger charge is 2.34. The zero-order chi connectivity index (χ0) is 19.3. The number of methoxy groups -OCH3 is 1. The van der Waals surface area contributed by atoms with Crippen LogP contribution in [0, 0.1) is 0 Å². The second-order valence-electron chi connectivity index (χ2n) is 8.08. The summed E-state index contributed by atoms with van der Waals surface area (Å²) in [5.74, 6) is 0.115. The van der Waals surface area contributed by atoms with Crippen molar-refractivity contribution < 1.29 is 19.1 Å². The number of rotatable bonds is 4. The van der Waals surface area contributed by atoms with E-state index < -0.39 is 5.60 Å². The van der Waals surface area contributed by atoms with Crippen molar-refractivity contribution in [2.24, 2.45) is 0 Å². The molecule has 0 spiro atoms. The van der Waals surface area contributed by atoms with E-state index in [2.05, 4.69) is 16.7 Å². The molecule has 8 heteroatoms. The molecule has 2 saturated heterocycles. The summed E-state index contributed by atoms with van der Waals surface area (Å²) < 4.78 is 13.1. The van der Waals surface area contributed by atoms with Crippen molar-refractivity contribution in [2.45, 2.75) is 70.2 Å². The van der Waals surface area contributed by atoms with Crippen LogP contribution in [-0.4, -0.2) is 78.8 Å². The Morgan fingerprint density at radius 1 is 1.12 bits per heavy atom. The Morgan fingerprint density at radius 2 is 1.77 bits per heavy atom. The van der Waals surface area contributed by atoms with E-state index in [0.29, 0.717) is 21.8 Å². The summed E-state index contributed by atoms with van der Waals surface area (Å²) in [5, 5.41) is 3.20. The van der Waals surface area contributed by atoms with Gasteiger partial charge in [0.1, 0.15) is 5.60 Å². The highest BCUT2D eigenvalue weighted by atomic mass is 31.1. The molecule has 0 radical (unpaired) electrons. The third-order valence-corrected chi connectivity index (χ3v) is 6.02. The minimum atomic E-state index is -0.479. The quantitative estimate of drug-likeness (QED) is 0.749. The predicted octanol–water partition coefficient (Wildman–Crippen LogP) is 2.20. The largest absolute Gasteiger partial charge is 0.444 e. The van der Waals surface area contributed by atoms with Crippen molar-refractivity contribution in [3.8, 4) is 0 Å². The number of piperidine rings is 2. The molecule has 0 aromatic heterocycles. The van der Waals surface area contributed by atoms with Crippen LogP contribution in [0.5, 0.6) is 0 Å². The Labute approximate surface area is 159 Å². The standard InChI is InChI=1S/C18H34N3O4P/c1-18(2,3)25-17(23)20-10-8-13(9-11-20)19-16(22)15-7-6-14(24-4)12-21(15)26-5/h13-15,26H,6-12H2,1-5H3,(H,19,22)/t14-,15-/m1/s1. The molecule has 1 N–H and O–H groups in total. The molecule has 0 bridgehead atoms. The molecule has 2 amide bonds. The van der Waals surface area contributed by atoms with Gasteiger partial charge in [-0.05, 0) is 53.1 Å². The van der Waals surface area contributed by atoms with Gasteiger partial charge in [-0.3, -0.25) is 9.46 Å². The smallest absolute Gasteiger partial charge is 0.410 e. The molecule has 0 aliphatic carbocycles. The second kappa shape index (κ2) is 9.34. The number of nitrogens with one attached hydrogen (secondary N) is 1. The molecular formula is C18H34N3O4P. The number of hydrogen-bond acceptors (Lipinski definition) is 5. The third-order valence-electron chi connectivity index (χ3n) is 4.95. The third kappa shape index (κ3) is 6.07. The van der Waals surface area contributed by atoms with Crippen molar-refractivity contribution in [2.75, 3.05) is 33.4 Å². The number of amides is 2. The zero-order valence-electron chi connectivity index (χ0n) is 16.7. The number of carbonyl (C=O) groups is 2. The van der Waals surface area contributed by atoms with Gasteiger partial charge >= 0.3 is 6.09 Å². The Hall–Kier alpha value is -0.910. The van der Waals surface area contributed by atoms with Crippen LogP contribution in [-0.2, 0) is 14.3 Å². The topological polar surface area (TPSA) is 71.1 Å². The first kappa shape index (κ1) is 21.4. The summed E-state index contributed by atoms with van der Waals surface area (Å²) in [6.45, 7) is 9.78. The van der Waals surface area contributed by atoms with E-state index in [0.717, 1.165) is 32.2 Å². The molecule has 1 unspecified atom stereocenters. The summed E-state index contributed by atoms with van der Waals surface area (Å²) >= 11 is 0. The average molecular weight is 387 g/mol. The second-order valence-corrected chi connectivity index (χ2v) is 9.10. The fraction of sp³-hybridized carbons (Fsp3) is 0.889. The summed E-state index contributed by atoms with van der Waals surface area (Å²) in [5.41, 5.74) is -0.479. The lowest BCUT2D eigenvalue weighted by molar-refractivity contribution is -0.127. The van der Waals surface area contributed by atoms with Gasteiger partial charge in [-0.25, -0.2) is 4.79 Å². The van der Waals surface area contributed by atoms with Crippen molar-refractivity contribution in [3.05, 3.63) is 0 Å². The first-order valence-electron chi connectivity index (χ1n) is 9.48. The van der Waals surface area contributed by atoms with Gasteiger partial charge in [0.15, 0.2) is 0 Å². The first-order valence-corrected chi connectivity index (χ1v) is 10.9. The molecule has 3 atom stereocenters. The van der Waals surface area contributed by atoms with Gasteiger partial charge in [0.05, 0.1) is 12.1 Å². The van der Waals surface area contributed by atoms with Crippen molar-refractivity contribution in [1.82, 2.24) is 14.9 Å². The van der Waals surface area contributed by atoms with Crippen molar-refractivity contribution >= 4 is 20.7 Å². The SMILES string of the molecule is CO[C@@H]1CC[C@H](C(=O)NC2CCN(C(=O)OC(C)(C)C)CC2)N(PC)C1. The van der Waals surface area contributed by atoms with E-state index in [1.54, 1.807) is 12.0 Å². The molecule has 2 aliphatic heterocycles. The number of carbonyl (C=O) groups excluding carboxylic acids is 2. The summed E-state index contributed by atoms with van der Waals surface area (Å²) in [6.07, 6.45) is 3.26. The number of nitrogens with zero attached hydrogens (tertiary/aromatic N) is 2. The van der Waals surface area contributed by atoms with E-state index in [9.17, 15) is 9.59 Å². The highest BCUT2D eigenvalue weighted by Crippen LogP contribution is 2.28.